The van der Waals surface area contributed by atoms with E-state index in [1.807, 2.05) is 67.7 Å². The van der Waals surface area contributed by atoms with Crippen molar-refractivity contribution in [2.45, 2.75) is 13.5 Å². The van der Waals surface area contributed by atoms with Crippen LogP contribution in [0.3, 0.4) is 0 Å². The summed E-state index contributed by atoms with van der Waals surface area (Å²) in [5, 5.41) is 17.3. The lowest BCUT2D eigenvalue weighted by Crippen LogP contribution is -2.14. The number of carbonyl (C=O) groups is 1. The maximum atomic E-state index is 13.0. The topological polar surface area (TPSA) is 92.8 Å². The fourth-order valence-electron chi connectivity index (χ4n) is 3.47. The van der Waals surface area contributed by atoms with Gasteiger partial charge in [-0.15, -0.1) is 0 Å². The Bertz CT molecular complexity index is 1340. The normalized spacial score (nSPS) is 11.0. The van der Waals surface area contributed by atoms with E-state index in [1.165, 1.54) is 0 Å². The molecule has 2 heterocycles. The third kappa shape index (κ3) is 5.37. The third-order valence-corrected chi connectivity index (χ3v) is 5.01. The standard InChI is InChI=1S/C27H23N5O2/c1-2-34-25-13-7-6-12-24(25)30-27(33)22(16-28)15-23-19-32(18-20-9-4-3-5-10-20)31-26(23)21-11-8-14-29-17-21/h3-15,17,19H,2,18H2,1H3,(H,30,33). The minimum Gasteiger partial charge on any atom is -0.492 e. The number of nitrogens with one attached hydrogen (secondary N) is 1. The van der Waals surface area contributed by atoms with Crippen LogP contribution in [0.25, 0.3) is 17.3 Å². The van der Waals surface area contributed by atoms with Crippen LogP contribution in [0.15, 0.2) is 90.9 Å². The SMILES string of the molecule is CCOc1ccccc1NC(=O)C(C#N)=Cc1cn(Cc2ccccc2)nc1-c1cccnc1. The number of aromatic nitrogens is 3. The van der Waals surface area contributed by atoms with Gasteiger partial charge in [-0.3, -0.25) is 14.5 Å². The average molecular weight is 450 g/mol. The highest BCUT2D eigenvalue weighted by atomic mass is 16.5. The lowest BCUT2D eigenvalue weighted by molar-refractivity contribution is -0.112. The number of ether oxygens (including phenoxy) is 1. The Kier molecular flexibility index (Phi) is 7.11. The highest BCUT2D eigenvalue weighted by Gasteiger charge is 2.16. The van der Waals surface area contributed by atoms with Crippen molar-refractivity contribution in [2.75, 3.05) is 11.9 Å². The Balaban J connectivity index is 1.68. The van der Waals surface area contributed by atoms with Gasteiger partial charge in [0.1, 0.15) is 23.1 Å². The highest BCUT2D eigenvalue weighted by molar-refractivity contribution is 6.10. The number of hydrogen-bond acceptors (Lipinski definition) is 5. The second kappa shape index (κ2) is 10.7. The molecule has 0 aliphatic rings. The Labute approximate surface area is 198 Å². The quantitative estimate of drug-likeness (QED) is 0.304. The molecule has 0 unspecified atom stereocenters. The molecule has 4 aromatic rings. The molecule has 34 heavy (non-hydrogen) atoms. The zero-order valence-electron chi connectivity index (χ0n) is 18.7. The van der Waals surface area contributed by atoms with Crippen molar-refractivity contribution in [3.8, 4) is 23.1 Å². The Hall–Kier alpha value is -4.70. The summed E-state index contributed by atoms with van der Waals surface area (Å²) in [6.07, 6.45) is 6.77. The van der Waals surface area contributed by atoms with Gasteiger partial charge >= 0.3 is 0 Å². The van der Waals surface area contributed by atoms with Gasteiger partial charge in [-0.1, -0.05) is 42.5 Å². The summed E-state index contributed by atoms with van der Waals surface area (Å²) in [4.78, 5) is 17.1. The van der Waals surface area contributed by atoms with Gasteiger partial charge in [0.05, 0.1) is 18.8 Å². The maximum absolute atomic E-state index is 13.0. The first-order chi connectivity index (χ1) is 16.7. The van der Waals surface area contributed by atoms with Gasteiger partial charge in [0.15, 0.2) is 0 Å². The van der Waals surface area contributed by atoms with E-state index in [0.717, 1.165) is 11.1 Å². The minimum absolute atomic E-state index is 0.0456. The second-order valence-electron chi connectivity index (χ2n) is 7.41. The highest BCUT2D eigenvalue weighted by Crippen LogP contribution is 2.26. The van der Waals surface area contributed by atoms with Crippen LogP contribution in [0.1, 0.15) is 18.1 Å². The number of pyridine rings is 1. The summed E-state index contributed by atoms with van der Waals surface area (Å²) < 4.78 is 7.36. The number of anilines is 1. The Morgan fingerprint density at radius 1 is 1.12 bits per heavy atom. The second-order valence-corrected chi connectivity index (χ2v) is 7.41. The van der Waals surface area contributed by atoms with Crippen LogP contribution in [0.4, 0.5) is 5.69 Å². The maximum Gasteiger partial charge on any atom is 0.266 e. The molecule has 0 aliphatic heterocycles. The molecular weight excluding hydrogens is 426 g/mol. The summed E-state index contributed by atoms with van der Waals surface area (Å²) in [7, 11) is 0. The van der Waals surface area contributed by atoms with E-state index in [2.05, 4.69) is 10.3 Å². The molecule has 1 amide bonds. The molecule has 1 N–H and O–H groups in total. The van der Waals surface area contributed by atoms with Crippen molar-refractivity contribution in [1.82, 2.24) is 14.8 Å². The van der Waals surface area contributed by atoms with Crippen LogP contribution in [0, 0.1) is 11.3 Å². The van der Waals surface area contributed by atoms with E-state index >= 15 is 0 Å². The average Bonchev–Trinajstić information content (AvgIpc) is 3.27. The van der Waals surface area contributed by atoms with Crippen LogP contribution in [-0.4, -0.2) is 27.3 Å². The molecule has 2 aromatic heterocycles. The van der Waals surface area contributed by atoms with Gasteiger partial charge in [0.2, 0.25) is 0 Å². The molecule has 4 rings (SSSR count). The summed E-state index contributed by atoms with van der Waals surface area (Å²) in [6.45, 7) is 2.88. The van der Waals surface area contributed by atoms with E-state index in [9.17, 15) is 10.1 Å². The molecular formula is C27H23N5O2. The molecule has 0 aliphatic carbocycles. The third-order valence-electron chi connectivity index (χ3n) is 5.01. The number of amides is 1. The van der Waals surface area contributed by atoms with E-state index in [1.54, 1.807) is 41.4 Å². The van der Waals surface area contributed by atoms with Crippen molar-refractivity contribution >= 4 is 17.7 Å². The predicted molar refractivity (Wildman–Crippen MR) is 131 cm³/mol. The Morgan fingerprint density at radius 2 is 1.91 bits per heavy atom. The summed E-state index contributed by atoms with van der Waals surface area (Å²) in [5.74, 6) is 0.0185. The van der Waals surface area contributed by atoms with E-state index < -0.39 is 5.91 Å². The first kappa shape index (κ1) is 22.5. The number of para-hydroxylation sites is 2. The van der Waals surface area contributed by atoms with Gasteiger partial charge in [0, 0.05) is 29.7 Å². The number of benzene rings is 2. The molecule has 0 bridgehead atoms. The molecule has 0 fully saturated rings. The van der Waals surface area contributed by atoms with Crippen LogP contribution in [0.5, 0.6) is 5.75 Å². The van der Waals surface area contributed by atoms with Gasteiger partial charge in [-0.25, -0.2) is 0 Å². The van der Waals surface area contributed by atoms with Crippen LogP contribution in [0.2, 0.25) is 0 Å². The van der Waals surface area contributed by atoms with Gasteiger partial charge in [-0.2, -0.15) is 10.4 Å². The molecule has 0 radical (unpaired) electrons. The molecule has 7 nitrogen and oxygen atoms in total. The van der Waals surface area contributed by atoms with Crippen LogP contribution in [-0.2, 0) is 11.3 Å². The molecule has 168 valence electrons. The smallest absolute Gasteiger partial charge is 0.266 e. The fraction of sp³-hybridized carbons (Fsp3) is 0.111. The largest absolute Gasteiger partial charge is 0.492 e. The Morgan fingerprint density at radius 3 is 2.65 bits per heavy atom. The summed E-state index contributed by atoms with van der Waals surface area (Å²) >= 11 is 0. The number of carbonyl (C=O) groups excluding carboxylic acids is 1. The van der Waals surface area contributed by atoms with Gasteiger partial charge in [-0.05, 0) is 42.8 Å². The first-order valence-corrected chi connectivity index (χ1v) is 10.8. The first-order valence-electron chi connectivity index (χ1n) is 10.8. The predicted octanol–water partition coefficient (Wildman–Crippen LogP) is 4.94. The van der Waals surface area contributed by atoms with E-state index in [0.29, 0.717) is 35.8 Å². The van der Waals surface area contributed by atoms with Crippen LogP contribution < -0.4 is 10.1 Å². The molecule has 0 atom stereocenters. The van der Waals surface area contributed by atoms with E-state index in [-0.39, 0.29) is 5.57 Å². The van der Waals surface area contributed by atoms with Crippen LogP contribution >= 0.6 is 0 Å². The summed E-state index contributed by atoms with van der Waals surface area (Å²) in [5.41, 5.74) is 3.62. The zero-order chi connectivity index (χ0) is 23.8. The fourth-order valence-corrected chi connectivity index (χ4v) is 3.47. The minimum atomic E-state index is -0.525. The molecule has 0 saturated carbocycles. The number of rotatable bonds is 8. The van der Waals surface area contributed by atoms with Gasteiger partial charge < -0.3 is 10.1 Å². The van der Waals surface area contributed by atoms with Gasteiger partial charge in [0.25, 0.3) is 5.91 Å². The molecule has 0 spiro atoms. The summed E-state index contributed by atoms with van der Waals surface area (Å²) in [6, 6.07) is 22.8. The van der Waals surface area contributed by atoms with Crippen molar-refractivity contribution < 1.29 is 9.53 Å². The zero-order valence-corrected chi connectivity index (χ0v) is 18.7. The lowest BCUT2D eigenvalue weighted by Gasteiger charge is -2.10. The van der Waals surface area contributed by atoms with Crippen molar-refractivity contribution in [3.05, 3.63) is 102 Å². The lowest BCUT2D eigenvalue weighted by atomic mass is 10.1. The van der Waals surface area contributed by atoms with Crippen molar-refractivity contribution in [1.29, 1.82) is 5.26 Å². The number of nitriles is 1. The molecule has 0 saturated heterocycles. The number of nitrogens with zero attached hydrogens (tertiary/aromatic N) is 4. The van der Waals surface area contributed by atoms with E-state index in [4.69, 9.17) is 9.84 Å². The van der Waals surface area contributed by atoms with Crippen molar-refractivity contribution in [3.63, 3.8) is 0 Å². The van der Waals surface area contributed by atoms with Crippen molar-refractivity contribution in [2.24, 2.45) is 0 Å². The molecule has 7 heteroatoms. The number of hydrogen-bond donors (Lipinski definition) is 1. The monoisotopic (exact) mass is 449 g/mol. The molecule has 2 aromatic carbocycles.